The predicted molar refractivity (Wildman–Crippen MR) is 121 cm³/mol. The molecule has 1 aliphatic heterocycles. The van der Waals surface area contributed by atoms with Gasteiger partial charge in [0.05, 0.1) is 23.8 Å². The Balaban J connectivity index is 1.40. The van der Waals surface area contributed by atoms with Gasteiger partial charge >= 0.3 is 0 Å². The van der Waals surface area contributed by atoms with Crippen LogP contribution in [0.4, 0.5) is 27.0 Å². The molecule has 4 heterocycles. The predicted octanol–water partition coefficient (Wildman–Crippen LogP) is 2.41. The van der Waals surface area contributed by atoms with Gasteiger partial charge in [-0.25, -0.2) is 15.0 Å². The van der Waals surface area contributed by atoms with Crippen molar-refractivity contribution in [2.24, 2.45) is 5.73 Å². The lowest BCUT2D eigenvalue weighted by Gasteiger charge is -2.25. The third-order valence-corrected chi connectivity index (χ3v) is 6.63. The van der Waals surface area contributed by atoms with Crippen LogP contribution in [0.5, 0.6) is 0 Å². The van der Waals surface area contributed by atoms with Crippen LogP contribution in [0.15, 0.2) is 24.5 Å². The summed E-state index contributed by atoms with van der Waals surface area (Å²) in [5.41, 5.74) is 7.73. The fourth-order valence-electron chi connectivity index (χ4n) is 4.15. The summed E-state index contributed by atoms with van der Waals surface area (Å²) in [7, 11) is 0. The van der Waals surface area contributed by atoms with Gasteiger partial charge in [0.15, 0.2) is 5.13 Å². The minimum absolute atomic E-state index is 0.217. The number of nitrogens with two attached hydrogens (primary N) is 1. The summed E-state index contributed by atoms with van der Waals surface area (Å²) in [6.07, 6.45) is 6.82. The minimum atomic E-state index is -0.606. The lowest BCUT2D eigenvalue weighted by Crippen LogP contribution is -2.40. The molecule has 5 rings (SSSR count). The molecule has 33 heavy (non-hydrogen) atoms. The molecule has 1 fully saturated rings. The van der Waals surface area contributed by atoms with E-state index in [0.29, 0.717) is 40.4 Å². The lowest BCUT2D eigenvalue weighted by molar-refractivity contribution is -0.117. The molecule has 0 bridgehead atoms. The maximum Gasteiger partial charge on any atom is 0.260 e. The molecule has 2 amide bonds. The van der Waals surface area contributed by atoms with Crippen molar-refractivity contribution in [1.29, 1.82) is 0 Å². The maximum atomic E-state index is 13.1. The zero-order valence-corrected chi connectivity index (χ0v) is 18.4. The van der Waals surface area contributed by atoms with Crippen LogP contribution in [0.2, 0.25) is 0 Å². The van der Waals surface area contributed by atoms with E-state index in [1.807, 2.05) is 4.90 Å². The number of fused-ring (bicyclic) bond motifs is 1. The second-order valence-electron chi connectivity index (χ2n) is 7.88. The summed E-state index contributed by atoms with van der Waals surface area (Å²) in [6, 6.07) is 2.22. The molecule has 1 aliphatic carbocycles. The van der Waals surface area contributed by atoms with Crippen molar-refractivity contribution in [3.8, 4) is 0 Å². The van der Waals surface area contributed by atoms with E-state index < -0.39 is 17.9 Å². The highest BCUT2D eigenvalue weighted by Gasteiger charge is 2.34. The number of halogens is 1. The average molecular weight is 469 g/mol. The molecule has 0 saturated carbocycles. The van der Waals surface area contributed by atoms with Crippen molar-refractivity contribution in [3.05, 3.63) is 46.6 Å². The Morgan fingerprint density at radius 1 is 1.15 bits per heavy atom. The fourth-order valence-corrected chi connectivity index (χ4v) is 4.82. The largest absolute Gasteiger partial charge is 0.365 e. The van der Waals surface area contributed by atoms with Crippen molar-refractivity contribution >= 4 is 45.7 Å². The first-order valence-electron chi connectivity index (χ1n) is 10.6. The van der Waals surface area contributed by atoms with Crippen LogP contribution in [-0.2, 0) is 17.6 Å². The number of nitrogens with one attached hydrogen (secondary N) is 2. The van der Waals surface area contributed by atoms with Gasteiger partial charge < -0.3 is 21.3 Å². The smallest absolute Gasteiger partial charge is 0.260 e. The molecule has 12 heteroatoms. The van der Waals surface area contributed by atoms with Crippen molar-refractivity contribution in [1.82, 2.24) is 19.9 Å². The number of thiazole rings is 1. The Kier molecular flexibility index (Phi) is 5.58. The highest BCUT2D eigenvalue weighted by Crippen LogP contribution is 2.33. The maximum absolute atomic E-state index is 13.1. The van der Waals surface area contributed by atoms with Crippen LogP contribution in [0.25, 0.3) is 0 Å². The summed E-state index contributed by atoms with van der Waals surface area (Å²) in [6.45, 7) is 0.640. The Labute approximate surface area is 192 Å². The molecule has 1 saturated heterocycles. The fraction of sp³-hybridized carbons (Fsp3) is 0.333. The second-order valence-corrected chi connectivity index (χ2v) is 8.91. The van der Waals surface area contributed by atoms with Gasteiger partial charge in [-0.2, -0.15) is 9.37 Å². The van der Waals surface area contributed by atoms with Crippen LogP contribution in [0.1, 0.15) is 40.2 Å². The topological polar surface area (TPSA) is 139 Å². The van der Waals surface area contributed by atoms with Gasteiger partial charge in [0.1, 0.15) is 16.7 Å². The number of amides is 2. The monoisotopic (exact) mass is 468 g/mol. The second kappa shape index (κ2) is 8.70. The number of aryl methyl sites for hydroxylation is 1. The number of aromatic nitrogens is 4. The van der Waals surface area contributed by atoms with Crippen LogP contribution in [0.3, 0.4) is 0 Å². The van der Waals surface area contributed by atoms with Crippen LogP contribution in [0, 0.1) is 5.95 Å². The molecule has 0 unspecified atom stereocenters. The number of carbonyl (C=O) groups excluding carboxylic acids is 2. The molecule has 0 spiro atoms. The summed E-state index contributed by atoms with van der Waals surface area (Å²) in [5, 5.41) is 6.52. The van der Waals surface area contributed by atoms with E-state index in [1.165, 1.54) is 24.5 Å². The van der Waals surface area contributed by atoms with Gasteiger partial charge in [-0.1, -0.05) is 11.3 Å². The normalized spacial score (nSPS) is 17.1. The molecule has 0 radical (unpaired) electrons. The molecular weight excluding hydrogens is 447 g/mol. The van der Waals surface area contributed by atoms with E-state index in [4.69, 9.17) is 15.7 Å². The van der Waals surface area contributed by atoms with Crippen molar-refractivity contribution < 1.29 is 14.0 Å². The van der Waals surface area contributed by atoms with Crippen LogP contribution in [-0.4, -0.2) is 44.3 Å². The molecule has 2 aliphatic rings. The van der Waals surface area contributed by atoms with Gasteiger partial charge in [-0.3, -0.25) is 9.59 Å². The summed E-state index contributed by atoms with van der Waals surface area (Å²) < 4.78 is 13.1. The highest BCUT2D eigenvalue weighted by molar-refractivity contribution is 7.17. The Morgan fingerprint density at radius 2 is 2.03 bits per heavy atom. The van der Waals surface area contributed by atoms with Crippen molar-refractivity contribution in [3.63, 3.8) is 0 Å². The third-order valence-electron chi connectivity index (χ3n) is 5.70. The summed E-state index contributed by atoms with van der Waals surface area (Å²) >= 11 is 1.16. The Hall–Kier alpha value is -3.67. The van der Waals surface area contributed by atoms with E-state index >= 15 is 0 Å². The zero-order chi connectivity index (χ0) is 22.9. The quantitative estimate of drug-likeness (QED) is 0.469. The van der Waals surface area contributed by atoms with E-state index in [0.717, 1.165) is 48.3 Å². The number of primary amides is 1. The average Bonchev–Trinajstić information content (AvgIpc) is 3.55. The standard InChI is InChI=1S/C21H21FN8O2S/c22-16-7-6-11(9-24-16)26-19(32)14-5-2-8-30(14)20-27-13-4-1-3-12(13)18(28-20)29-21-25-10-15(33-21)17(23)31/h6-7,9-10,14H,1-5,8H2,(H2,23,31)(H,26,32)(H,25,27,28,29)/t14-/m1/s1. The van der Waals surface area contributed by atoms with E-state index in [2.05, 4.69) is 20.6 Å². The molecule has 3 aromatic rings. The SMILES string of the molecule is NC(=O)c1cnc(Nc2nc(N3CCC[C@@H]3C(=O)Nc3ccc(F)nc3)nc3c2CCC3)s1. The lowest BCUT2D eigenvalue weighted by atomic mass is 10.2. The number of hydrogen-bond acceptors (Lipinski definition) is 9. The number of hydrogen-bond donors (Lipinski definition) is 3. The summed E-state index contributed by atoms with van der Waals surface area (Å²) in [5.74, 6) is -0.251. The summed E-state index contributed by atoms with van der Waals surface area (Å²) in [4.78, 5) is 43.9. The van der Waals surface area contributed by atoms with Crippen LogP contribution >= 0.6 is 11.3 Å². The van der Waals surface area contributed by atoms with Gasteiger partial charge in [-0.05, 0) is 44.2 Å². The number of rotatable bonds is 6. The molecule has 4 N–H and O–H groups in total. The highest BCUT2D eigenvalue weighted by atomic mass is 32.1. The van der Waals surface area contributed by atoms with E-state index in [1.54, 1.807) is 0 Å². The first kappa shape index (κ1) is 21.2. The molecule has 1 atom stereocenters. The van der Waals surface area contributed by atoms with E-state index in [9.17, 15) is 14.0 Å². The van der Waals surface area contributed by atoms with Gasteiger partial charge in [-0.15, -0.1) is 0 Å². The minimum Gasteiger partial charge on any atom is -0.365 e. The molecule has 3 aromatic heterocycles. The van der Waals surface area contributed by atoms with E-state index in [-0.39, 0.29) is 5.91 Å². The third kappa shape index (κ3) is 4.33. The molecular formula is C21H21FN8O2S. The first-order chi connectivity index (χ1) is 16.0. The van der Waals surface area contributed by atoms with Crippen LogP contribution < -0.4 is 21.3 Å². The molecule has 170 valence electrons. The number of anilines is 4. The van der Waals surface area contributed by atoms with Gasteiger partial charge in [0.25, 0.3) is 5.91 Å². The first-order valence-corrected chi connectivity index (χ1v) is 11.4. The zero-order valence-electron chi connectivity index (χ0n) is 17.5. The van der Waals surface area contributed by atoms with Crippen molar-refractivity contribution in [2.75, 3.05) is 22.1 Å². The number of pyridine rings is 1. The van der Waals surface area contributed by atoms with Gasteiger partial charge in [0.2, 0.25) is 17.8 Å². The molecule has 0 aromatic carbocycles. The molecule has 10 nitrogen and oxygen atoms in total. The number of carbonyl (C=O) groups is 2. The van der Waals surface area contributed by atoms with Gasteiger partial charge in [0, 0.05) is 12.1 Å². The Bertz CT molecular complexity index is 1220. The Morgan fingerprint density at radius 3 is 2.79 bits per heavy atom. The number of nitrogens with zero attached hydrogens (tertiary/aromatic N) is 5. The van der Waals surface area contributed by atoms with Crippen molar-refractivity contribution in [2.45, 2.75) is 38.1 Å².